The Morgan fingerprint density at radius 1 is 0.676 bits per heavy atom. The smallest absolute Gasteiger partial charge is 0.175 e. The molecule has 4 aromatic carbocycles. The molecule has 1 N–H and O–H groups in total. The zero-order valence-electron chi connectivity index (χ0n) is 18.2. The van der Waals surface area contributed by atoms with Gasteiger partial charge in [-0.3, -0.25) is 9.59 Å². The number of carbonyl (C=O) groups excluding carboxylic acids is 2. The van der Waals surface area contributed by atoms with E-state index in [2.05, 4.69) is 4.98 Å². The molecule has 0 bridgehead atoms. The van der Waals surface area contributed by atoms with Gasteiger partial charge in [0.2, 0.25) is 0 Å². The van der Waals surface area contributed by atoms with Gasteiger partial charge in [-0.2, -0.15) is 0 Å². The van der Waals surface area contributed by atoms with Crippen molar-refractivity contribution in [1.29, 1.82) is 0 Å². The Bertz CT molecular complexity index is 1520. The van der Waals surface area contributed by atoms with E-state index in [0.717, 1.165) is 33.3 Å². The summed E-state index contributed by atoms with van der Waals surface area (Å²) < 4.78 is 0. The number of H-pyrrole nitrogens is 1. The molecule has 4 heteroatoms. The second-order valence-corrected chi connectivity index (χ2v) is 9.04. The predicted octanol–water partition coefficient (Wildman–Crippen LogP) is 7.32. The lowest BCUT2D eigenvalue weighted by atomic mass is 9.76. The van der Waals surface area contributed by atoms with E-state index in [9.17, 15) is 9.59 Å². The highest BCUT2D eigenvalue weighted by molar-refractivity contribution is 6.30. The minimum absolute atomic E-state index is 0.134. The van der Waals surface area contributed by atoms with Crippen molar-refractivity contribution in [2.45, 2.75) is 5.92 Å². The van der Waals surface area contributed by atoms with Crippen LogP contribution in [0.4, 0.5) is 0 Å². The highest BCUT2D eigenvalue weighted by Gasteiger charge is 2.45. The van der Waals surface area contributed by atoms with Gasteiger partial charge in [0.1, 0.15) is 0 Å². The molecule has 6 rings (SSSR count). The van der Waals surface area contributed by atoms with Crippen LogP contribution in [0.1, 0.15) is 37.8 Å². The molecule has 0 amide bonds. The second kappa shape index (κ2) is 8.12. The molecular weight excluding hydrogens is 442 g/mol. The summed E-state index contributed by atoms with van der Waals surface area (Å²) in [7, 11) is 0. The van der Waals surface area contributed by atoms with Crippen LogP contribution in [0.15, 0.2) is 103 Å². The van der Waals surface area contributed by atoms with E-state index < -0.39 is 11.8 Å². The number of benzene rings is 4. The van der Waals surface area contributed by atoms with Gasteiger partial charge < -0.3 is 4.98 Å². The monoisotopic (exact) mass is 461 g/mol. The van der Waals surface area contributed by atoms with E-state index in [-0.39, 0.29) is 11.6 Å². The van der Waals surface area contributed by atoms with Crippen LogP contribution in [0, 0.1) is 5.92 Å². The van der Waals surface area contributed by atoms with Crippen molar-refractivity contribution in [2.75, 3.05) is 0 Å². The lowest BCUT2D eigenvalue weighted by Crippen LogP contribution is -2.25. The van der Waals surface area contributed by atoms with Crippen molar-refractivity contribution in [3.8, 4) is 11.3 Å². The quantitative estimate of drug-likeness (QED) is 0.285. The fourth-order valence-corrected chi connectivity index (χ4v) is 5.31. The average molecular weight is 462 g/mol. The van der Waals surface area contributed by atoms with Gasteiger partial charge in [0.15, 0.2) is 11.6 Å². The van der Waals surface area contributed by atoms with Gasteiger partial charge in [-0.25, -0.2) is 0 Å². The summed E-state index contributed by atoms with van der Waals surface area (Å²) in [6.45, 7) is 0. The molecule has 1 aliphatic carbocycles. The molecular formula is C30H20ClNO2. The highest BCUT2D eigenvalue weighted by atomic mass is 35.5. The molecule has 1 aliphatic rings. The van der Waals surface area contributed by atoms with Crippen molar-refractivity contribution in [2.24, 2.45) is 5.92 Å². The number of hydrogen-bond acceptors (Lipinski definition) is 2. The first-order valence-corrected chi connectivity index (χ1v) is 11.6. The number of fused-ring (bicyclic) bond motifs is 2. The van der Waals surface area contributed by atoms with E-state index in [0.29, 0.717) is 16.1 Å². The zero-order chi connectivity index (χ0) is 23.2. The summed E-state index contributed by atoms with van der Waals surface area (Å²) in [6.07, 6.45) is 0. The topological polar surface area (TPSA) is 49.9 Å². The lowest BCUT2D eigenvalue weighted by molar-refractivity contribution is 0.0825. The minimum atomic E-state index is -0.847. The van der Waals surface area contributed by atoms with Crippen LogP contribution in [0.2, 0.25) is 5.02 Å². The maximum absolute atomic E-state index is 13.7. The van der Waals surface area contributed by atoms with Crippen LogP contribution >= 0.6 is 11.6 Å². The standard InChI is InChI=1S/C30H20ClNO2/c31-20-16-14-18(15-17-20)25(27-29(33)21-10-4-5-11-22(21)30(27)34)26-23-12-6-7-13-24(23)32-28(26)19-8-2-1-3-9-19/h1-17,25,27,32H. The Morgan fingerprint density at radius 3 is 1.94 bits per heavy atom. The van der Waals surface area contributed by atoms with E-state index in [4.69, 9.17) is 11.6 Å². The Hall–Kier alpha value is -3.95. The third-order valence-corrected chi connectivity index (χ3v) is 6.96. The number of Topliss-reactive ketones (excluding diaryl/α,β-unsaturated/α-hetero) is 2. The summed E-state index contributed by atoms with van der Waals surface area (Å²) >= 11 is 6.21. The number of aromatic nitrogens is 1. The predicted molar refractivity (Wildman–Crippen MR) is 136 cm³/mol. The maximum atomic E-state index is 13.7. The molecule has 0 spiro atoms. The van der Waals surface area contributed by atoms with Crippen molar-refractivity contribution < 1.29 is 9.59 Å². The van der Waals surface area contributed by atoms with Crippen LogP contribution in [0.3, 0.4) is 0 Å². The van der Waals surface area contributed by atoms with Gasteiger partial charge in [-0.1, -0.05) is 96.5 Å². The van der Waals surface area contributed by atoms with Gasteiger partial charge in [-0.15, -0.1) is 0 Å². The second-order valence-electron chi connectivity index (χ2n) is 8.61. The molecule has 1 aromatic heterocycles. The minimum Gasteiger partial charge on any atom is -0.354 e. The summed E-state index contributed by atoms with van der Waals surface area (Å²) in [6, 6.07) is 32.7. The van der Waals surface area contributed by atoms with Gasteiger partial charge in [0.05, 0.1) is 11.6 Å². The van der Waals surface area contributed by atoms with Gasteiger partial charge in [0, 0.05) is 33.0 Å². The molecule has 0 saturated heterocycles. The molecule has 164 valence electrons. The van der Waals surface area contributed by atoms with Crippen LogP contribution in [0.25, 0.3) is 22.2 Å². The number of para-hydroxylation sites is 1. The molecule has 0 saturated carbocycles. The van der Waals surface area contributed by atoms with Crippen molar-refractivity contribution in [3.05, 3.63) is 130 Å². The molecule has 1 unspecified atom stereocenters. The molecule has 0 aliphatic heterocycles. The zero-order valence-corrected chi connectivity index (χ0v) is 18.9. The normalized spacial score (nSPS) is 14.5. The molecule has 34 heavy (non-hydrogen) atoms. The van der Waals surface area contributed by atoms with Crippen LogP contribution < -0.4 is 0 Å². The van der Waals surface area contributed by atoms with Gasteiger partial charge in [0.25, 0.3) is 0 Å². The fraction of sp³-hybridized carbons (Fsp3) is 0.0667. The average Bonchev–Trinajstić information content (AvgIpc) is 3.38. The SMILES string of the molecule is O=C1c2ccccc2C(=O)C1C(c1ccc(Cl)cc1)c1c(-c2ccccc2)[nH]c2ccccc12. The number of halogens is 1. The highest BCUT2D eigenvalue weighted by Crippen LogP contribution is 2.46. The summed E-state index contributed by atoms with van der Waals surface area (Å²) in [5.41, 5.74) is 5.71. The molecule has 0 radical (unpaired) electrons. The van der Waals surface area contributed by atoms with Crippen molar-refractivity contribution in [1.82, 2.24) is 4.98 Å². The molecule has 1 atom stereocenters. The fourth-order valence-electron chi connectivity index (χ4n) is 5.18. The summed E-state index contributed by atoms with van der Waals surface area (Å²) in [4.78, 5) is 31.0. The first-order chi connectivity index (χ1) is 16.6. The maximum Gasteiger partial charge on any atom is 0.175 e. The number of nitrogens with one attached hydrogen (secondary N) is 1. The number of ketones is 2. The van der Waals surface area contributed by atoms with Gasteiger partial charge in [-0.05, 0) is 34.9 Å². The third kappa shape index (κ3) is 3.20. The first-order valence-electron chi connectivity index (χ1n) is 11.2. The largest absolute Gasteiger partial charge is 0.354 e. The molecule has 3 nitrogen and oxygen atoms in total. The first kappa shape index (κ1) is 20.6. The molecule has 0 fully saturated rings. The van der Waals surface area contributed by atoms with Crippen LogP contribution in [-0.2, 0) is 0 Å². The van der Waals surface area contributed by atoms with E-state index in [1.54, 1.807) is 12.1 Å². The van der Waals surface area contributed by atoms with E-state index >= 15 is 0 Å². The van der Waals surface area contributed by atoms with E-state index in [1.165, 1.54) is 0 Å². The Labute approximate surface area is 202 Å². The number of carbonyl (C=O) groups is 2. The van der Waals surface area contributed by atoms with E-state index in [1.807, 2.05) is 91.0 Å². The summed E-state index contributed by atoms with van der Waals surface area (Å²) in [5.74, 6) is -1.59. The van der Waals surface area contributed by atoms with Crippen LogP contribution in [-0.4, -0.2) is 16.6 Å². The number of aromatic amines is 1. The Kier molecular flexibility index (Phi) is 4.93. The Morgan fingerprint density at radius 2 is 1.26 bits per heavy atom. The lowest BCUT2D eigenvalue weighted by Gasteiger charge is -2.24. The van der Waals surface area contributed by atoms with Crippen LogP contribution in [0.5, 0.6) is 0 Å². The third-order valence-electron chi connectivity index (χ3n) is 6.71. The molecule has 5 aromatic rings. The number of rotatable bonds is 4. The van der Waals surface area contributed by atoms with Gasteiger partial charge >= 0.3 is 0 Å². The molecule has 1 heterocycles. The Balaban J connectivity index is 1.65. The van der Waals surface area contributed by atoms with Crippen molar-refractivity contribution in [3.63, 3.8) is 0 Å². The summed E-state index contributed by atoms with van der Waals surface area (Å²) in [5, 5.41) is 1.61. The van der Waals surface area contributed by atoms with Crippen molar-refractivity contribution >= 4 is 34.1 Å². The number of hydrogen-bond donors (Lipinski definition) is 1.